The van der Waals surface area contributed by atoms with Crippen molar-refractivity contribution in [1.82, 2.24) is 0 Å². The fourth-order valence-electron chi connectivity index (χ4n) is 4.10. The maximum Gasteiger partial charge on any atom is 0.220 e. The summed E-state index contributed by atoms with van der Waals surface area (Å²) in [5.41, 5.74) is 14.2. The van der Waals surface area contributed by atoms with Crippen LogP contribution in [-0.4, -0.2) is 17.6 Å². The van der Waals surface area contributed by atoms with Crippen LogP contribution in [0.25, 0.3) is 10.8 Å². The van der Waals surface area contributed by atoms with Crippen molar-refractivity contribution in [2.45, 2.75) is 44.7 Å². The average Bonchev–Trinajstić information content (AvgIpc) is 2.57. The van der Waals surface area contributed by atoms with Gasteiger partial charge < -0.3 is 11.5 Å². The van der Waals surface area contributed by atoms with Crippen molar-refractivity contribution in [1.29, 1.82) is 0 Å². The van der Waals surface area contributed by atoms with E-state index in [2.05, 4.69) is 53.2 Å². The van der Waals surface area contributed by atoms with Gasteiger partial charge in [0.1, 0.15) is 5.66 Å². The number of benzene rings is 2. The zero-order chi connectivity index (χ0) is 16.7. The van der Waals surface area contributed by atoms with Crippen LogP contribution in [0.4, 0.5) is 5.69 Å². The fourth-order valence-corrected chi connectivity index (χ4v) is 4.10. The summed E-state index contributed by atoms with van der Waals surface area (Å²) in [5, 5.41) is 2.41. The van der Waals surface area contributed by atoms with Gasteiger partial charge in [-0.3, -0.25) is 4.90 Å². The molecule has 5 nitrogen and oxygen atoms in total. The van der Waals surface area contributed by atoms with Crippen molar-refractivity contribution in [2.24, 2.45) is 21.5 Å². The minimum absolute atomic E-state index is 0.294. The van der Waals surface area contributed by atoms with Crippen LogP contribution in [0.5, 0.6) is 0 Å². The molecule has 0 bridgehead atoms. The highest BCUT2D eigenvalue weighted by atomic mass is 15.4. The predicted octanol–water partition coefficient (Wildman–Crippen LogP) is 3.26. The van der Waals surface area contributed by atoms with E-state index in [1.54, 1.807) is 0 Å². The van der Waals surface area contributed by atoms with Crippen molar-refractivity contribution < 1.29 is 0 Å². The summed E-state index contributed by atoms with van der Waals surface area (Å²) < 4.78 is 0. The fraction of sp³-hybridized carbons (Fsp3) is 0.368. The summed E-state index contributed by atoms with van der Waals surface area (Å²) in [6, 6.07) is 12.7. The van der Waals surface area contributed by atoms with Crippen molar-refractivity contribution in [3.63, 3.8) is 0 Å². The van der Waals surface area contributed by atoms with Crippen LogP contribution in [0.2, 0.25) is 0 Å². The van der Waals surface area contributed by atoms with Gasteiger partial charge in [-0.25, -0.2) is 4.99 Å². The zero-order valence-corrected chi connectivity index (χ0v) is 14.0. The molecule has 2 aromatic rings. The molecule has 1 aliphatic heterocycles. The molecule has 0 unspecified atom stereocenters. The van der Waals surface area contributed by atoms with E-state index in [1.165, 1.54) is 22.8 Å². The predicted molar refractivity (Wildman–Crippen MR) is 100 cm³/mol. The van der Waals surface area contributed by atoms with E-state index in [9.17, 15) is 0 Å². The van der Waals surface area contributed by atoms with Crippen molar-refractivity contribution in [3.05, 3.63) is 42.0 Å². The third-order valence-corrected chi connectivity index (χ3v) is 5.21. The molecule has 24 heavy (non-hydrogen) atoms. The maximum absolute atomic E-state index is 6.35. The van der Waals surface area contributed by atoms with Gasteiger partial charge in [0, 0.05) is 5.39 Å². The van der Waals surface area contributed by atoms with Gasteiger partial charge in [-0.15, -0.1) is 0 Å². The largest absolute Gasteiger partial charge is 0.369 e. The van der Waals surface area contributed by atoms with Gasteiger partial charge in [-0.05, 0) is 49.6 Å². The number of anilines is 1. The molecule has 0 amide bonds. The number of nitrogens with two attached hydrogens (primary N) is 2. The van der Waals surface area contributed by atoms with Crippen LogP contribution < -0.4 is 16.4 Å². The van der Waals surface area contributed by atoms with Crippen LogP contribution >= 0.6 is 0 Å². The third kappa shape index (κ3) is 2.23. The molecule has 0 aromatic heterocycles. The summed E-state index contributed by atoms with van der Waals surface area (Å²) in [6.07, 6.45) is 5.39. The van der Waals surface area contributed by atoms with Crippen molar-refractivity contribution >= 4 is 28.4 Å². The van der Waals surface area contributed by atoms with E-state index in [-0.39, 0.29) is 0 Å². The molecule has 0 saturated heterocycles. The van der Waals surface area contributed by atoms with Gasteiger partial charge >= 0.3 is 0 Å². The molecule has 1 aliphatic carbocycles. The molecule has 124 valence electrons. The van der Waals surface area contributed by atoms with E-state index >= 15 is 0 Å². The Morgan fingerprint density at radius 1 is 0.958 bits per heavy atom. The van der Waals surface area contributed by atoms with E-state index in [0.717, 1.165) is 31.4 Å². The second-order valence-corrected chi connectivity index (χ2v) is 6.77. The second-order valence-electron chi connectivity index (χ2n) is 6.77. The minimum atomic E-state index is -0.397. The summed E-state index contributed by atoms with van der Waals surface area (Å²) in [6.45, 7) is 2.13. The Morgan fingerprint density at radius 2 is 1.67 bits per heavy atom. The normalized spacial score (nSPS) is 20.1. The van der Waals surface area contributed by atoms with Crippen molar-refractivity contribution in [2.75, 3.05) is 4.90 Å². The van der Waals surface area contributed by atoms with E-state index in [4.69, 9.17) is 16.5 Å². The first-order valence-corrected chi connectivity index (χ1v) is 8.59. The molecule has 1 heterocycles. The van der Waals surface area contributed by atoms with Gasteiger partial charge in [0.2, 0.25) is 11.9 Å². The molecule has 4 N–H and O–H groups in total. The summed E-state index contributed by atoms with van der Waals surface area (Å²) in [5.74, 6) is 0.737. The molecule has 1 fully saturated rings. The molecule has 1 saturated carbocycles. The van der Waals surface area contributed by atoms with Crippen LogP contribution in [0.15, 0.2) is 46.4 Å². The SMILES string of the molecule is Cc1ccc(N2C(N)=NC(N)=NC23CCCCC3)c2ccccc12. The third-order valence-electron chi connectivity index (χ3n) is 5.21. The number of aryl methyl sites for hydroxylation is 1. The lowest BCUT2D eigenvalue weighted by atomic mass is 9.86. The zero-order valence-electron chi connectivity index (χ0n) is 14.0. The van der Waals surface area contributed by atoms with E-state index < -0.39 is 5.66 Å². The molecule has 0 atom stereocenters. The molecule has 1 spiro atoms. The molecule has 2 aliphatic rings. The number of fused-ring (bicyclic) bond motifs is 1. The Hall–Kier alpha value is -2.56. The Balaban J connectivity index is 1.94. The Bertz CT molecular complexity index is 846. The number of nitrogens with zero attached hydrogens (tertiary/aromatic N) is 3. The lowest BCUT2D eigenvalue weighted by Crippen LogP contribution is -2.58. The van der Waals surface area contributed by atoms with Gasteiger partial charge in [0.25, 0.3) is 0 Å². The molecule has 5 heteroatoms. The van der Waals surface area contributed by atoms with Gasteiger partial charge in [0.15, 0.2) is 0 Å². The highest BCUT2D eigenvalue weighted by Crippen LogP contribution is 2.42. The van der Waals surface area contributed by atoms with E-state index in [1.807, 2.05) is 0 Å². The highest BCUT2D eigenvalue weighted by Gasteiger charge is 2.43. The van der Waals surface area contributed by atoms with Crippen LogP contribution in [0.1, 0.15) is 37.7 Å². The molecular weight excluding hydrogens is 298 g/mol. The van der Waals surface area contributed by atoms with E-state index in [0.29, 0.717) is 11.9 Å². The first-order chi connectivity index (χ1) is 11.6. The smallest absolute Gasteiger partial charge is 0.220 e. The number of hydrogen-bond donors (Lipinski definition) is 2. The van der Waals surface area contributed by atoms with Crippen LogP contribution in [0, 0.1) is 6.92 Å². The lowest BCUT2D eigenvalue weighted by molar-refractivity contribution is 0.306. The lowest BCUT2D eigenvalue weighted by Gasteiger charge is -2.46. The van der Waals surface area contributed by atoms with Gasteiger partial charge in [-0.2, -0.15) is 4.99 Å². The Morgan fingerprint density at radius 3 is 2.42 bits per heavy atom. The number of aliphatic imine (C=N–C) groups is 2. The second kappa shape index (κ2) is 5.51. The summed E-state index contributed by atoms with van der Waals surface area (Å²) in [7, 11) is 0. The topological polar surface area (TPSA) is 80.0 Å². The maximum atomic E-state index is 6.35. The van der Waals surface area contributed by atoms with Gasteiger partial charge in [0.05, 0.1) is 5.69 Å². The highest BCUT2D eigenvalue weighted by molar-refractivity contribution is 6.10. The average molecular weight is 321 g/mol. The first kappa shape index (κ1) is 15.0. The van der Waals surface area contributed by atoms with Crippen LogP contribution in [-0.2, 0) is 0 Å². The summed E-state index contributed by atoms with van der Waals surface area (Å²) in [4.78, 5) is 11.1. The van der Waals surface area contributed by atoms with Crippen molar-refractivity contribution in [3.8, 4) is 0 Å². The number of rotatable bonds is 1. The Labute approximate surface area is 142 Å². The monoisotopic (exact) mass is 321 g/mol. The molecule has 0 radical (unpaired) electrons. The van der Waals surface area contributed by atoms with Crippen LogP contribution in [0.3, 0.4) is 0 Å². The molecule has 2 aromatic carbocycles. The standard InChI is InChI=1S/C19H23N5/c1-13-9-10-16(15-8-4-3-7-14(13)15)24-18(21)22-17(20)23-19(24)11-5-2-6-12-19/h3-4,7-10H,2,5-6,11-12H2,1H3,(H4,20,21,22,23). The Kier molecular flexibility index (Phi) is 3.44. The molecule has 4 rings (SSSR count). The minimum Gasteiger partial charge on any atom is -0.369 e. The summed E-state index contributed by atoms with van der Waals surface area (Å²) >= 11 is 0. The number of guanidine groups is 2. The van der Waals surface area contributed by atoms with Gasteiger partial charge in [-0.1, -0.05) is 36.8 Å². The first-order valence-electron chi connectivity index (χ1n) is 8.59. The quantitative estimate of drug-likeness (QED) is 0.846. The molecular formula is C19H23N5. The number of hydrogen-bond acceptors (Lipinski definition) is 5.